The number of piperidine rings is 1. The lowest BCUT2D eigenvalue weighted by Gasteiger charge is -2.35. The number of halogens is 1. The highest BCUT2D eigenvalue weighted by Gasteiger charge is 2.35. The number of ether oxygens (including phenoxy) is 1. The molecule has 1 aromatic heterocycles. The van der Waals surface area contributed by atoms with Crippen LogP contribution in [0.1, 0.15) is 25.5 Å². The average Bonchev–Trinajstić information content (AvgIpc) is 2.97. The molecule has 0 radical (unpaired) electrons. The molecule has 1 aromatic rings. The Morgan fingerprint density at radius 1 is 1.50 bits per heavy atom. The topological polar surface area (TPSA) is 61.5 Å². The Morgan fingerprint density at radius 3 is 2.80 bits per heavy atom. The maximum atomic E-state index is 11.7. The van der Waals surface area contributed by atoms with Gasteiger partial charge in [-0.1, -0.05) is 0 Å². The molecule has 2 fully saturated rings. The van der Waals surface area contributed by atoms with Crippen molar-refractivity contribution in [3.63, 3.8) is 0 Å². The quantitative estimate of drug-likeness (QED) is 0.912. The van der Waals surface area contributed by atoms with E-state index in [0.29, 0.717) is 6.04 Å². The number of aromatic amines is 1. The molecule has 3 heterocycles. The van der Waals surface area contributed by atoms with Crippen molar-refractivity contribution >= 4 is 22.0 Å². The van der Waals surface area contributed by atoms with Crippen molar-refractivity contribution in [2.45, 2.75) is 38.5 Å². The van der Waals surface area contributed by atoms with E-state index in [9.17, 15) is 4.79 Å². The molecule has 0 saturated carbocycles. The van der Waals surface area contributed by atoms with Gasteiger partial charge in [-0.25, -0.2) is 4.79 Å². The summed E-state index contributed by atoms with van der Waals surface area (Å²) in [6, 6.07) is 0.328. The van der Waals surface area contributed by atoms with Crippen LogP contribution in [-0.2, 0) is 11.3 Å². The van der Waals surface area contributed by atoms with Gasteiger partial charge in [0.1, 0.15) is 6.10 Å². The van der Waals surface area contributed by atoms with E-state index in [1.165, 1.54) is 0 Å². The predicted octanol–water partition coefficient (Wildman–Crippen LogP) is 1.98. The van der Waals surface area contributed by atoms with E-state index in [-0.39, 0.29) is 12.2 Å². The summed E-state index contributed by atoms with van der Waals surface area (Å²) in [6.45, 7) is 5.54. The fourth-order valence-corrected chi connectivity index (χ4v) is 3.26. The second-order valence-corrected chi connectivity index (χ2v) is 6.40. The van der Waals surface area contributed by atoms with Crippen molar-refractivity contribution in [1.29, 1.82) is 0 Å². The summed E-state index contributed by atoms with van der Waals surface area (Å²) in [5.74, 6) is 0. The standard InChI is InChI=1S/C13H19BrN4O2/c1-9-7-18(13(19)20-9)10-2-4-17(5-3-10)8-12-11(14)6-15-16-12/h6,9-10H,2-5,7-8H2,1H3,(H,15,16). The van der Waals surface area contributed by atoms with Crippen LogP contribution < -0.4 is 0 Å². The van der Waals surface area contributed by atoms with Crippen LogP contribution in [0.2, 0.25) is 0 Å². The molecule has 2 saturated heterocycles. The summed E-state index contributed by atoms with van der Waals surface area (Å²) in [7, 11) is 0. The molecule has 2 aliphatic heterocycles. The Labute approximate surface area is 126 Å². The Bertz CT molecular complexity index is 484. The molecule has 0 bridgehead atoms. The van der Waals surface area contributed by atoms with Crippen LogP contribution in [-0.4, -0.2) is 57.9 Å². The first-order chi connectivity index (χ1) is 9.63. The highest BCUT2D eigenvalue weighted by atomic mass is 79.9. The van der Waals surface area contributed by atoms with E-state index < -0.39 is 0 Å². The van der Waals surface area contributed by atoms with Gasteiger partial charge in [0, 0.05) is 25.7 Å². The first-order valence-corrected chi connectivity index (χ1v) is 7.80. The van der Waals surface area contributed by atoms with Crippen molar-refractivity contribution in [1.82, 2.24) is 20.0 Å². The minimum Gasteiger partial charge on any atom is -0.444 e. The minimum absolute atomic E-state index is 0.0291. The van der Waals surface area contributed by atoms with Crippen molar-refractivity contribution in [3.05, 3.63) is 16.4 Å². The first-order valence-electron chi connectivity index (χ1n) is 7.01. The fourth-order valence-electron chi connectivity index (χ4n) is 2.95. The molecule has 1 amide bonds. The van der Waals surface area contributed by atoms with E-state index in [1.807, 2.05) is 11.8 Å². The number of carbonyl (C=O) groups excluding carboxylic acids is 1. The van der Waals surface area contributed by atoms with Gasteiger partial charge in [-0.05, 0) is 35.7 Å². The Kier molecular flexibility index (Phi) is 3.98. The number of hydrogen-bond donors (Lipinski definition) is 1. The lowest BCUT2D eigenvalue weighted by Crippen LogP contribution is -2.45. The maximum Gasteiger partial charge on any atom is 0.410 e. The van der Waals surface area contributed by atoms with Gasteiger partial charge >= 0.3 is 6.09 Å². The largest absolute Gasteiger partial charge is 0.444 e. The summed E-state index contributed by atoms with van der Waals surface area (Å²) in [6.07, 6.45) is 3.68. The van der Waals surface area contributed by atoms with Crippen molar-refractivity contribution < 1.29 is 9.53 Å². The van der Waals surface area contributed by atoms with Crippen LogP contribution in [0.25, 0.3) is 0 Å². The van der Waals surface area contributed by atoms with Crippen molar-refractivity contribution in [2.75, 3.05) is 19.6 Å². The number of carbonyl (C=O) groups is 1. The highest BCUT2D eigenvalue weighted by molar-refractivity contribution is 9.10. The van der Waals surface area contributed by atoms with E-state index >= 15 is 0 Å². The second-order valence-electron chi connectivity index (χ2n) is 5.55. The summed E-state index contributed by atoms with van der Waals surface area (Å²) >= 11 is 3.48. The zero-order chi connectivity index (χ0) is 14.1. The number of likely N-dealkylation sites (tertiary alicyclic amines) is 1. The van der Waals surface area contributed by atoms with Gasteiger partial charge in [0.25, 0.3) is 0 Å². The van der Waals surface area contributed by atoms with Crippen molar-refractivity contribution in [2.24, 2.45) is 0 Å². The molecule has 0 spiro atoms. The Morgan fingerprint density at radius 2 is 2.25 bits per heavy atom. The summed E-state index contributed by atoms with van der Waals surface area (Å²) < 4.78 is 6.23. The third kappa shape index (κ3) is 2.83. The van der Waals surface area contributed by atoms with Crippen LogP contribution in [0.15, 0.2) is 10.7 Å². The molecule has 0 aliphatic carbocycles. The summed E-state index contributed by atoms with van der Waals surface area (Å²) in [4.78, 5) is 16.0. The van der Waals surface area contributed by atoms with Gasteiger partial charge < -0.3 is 9.64 Å². The number of amides is 1. The van der Waals surface area contributed by atoms with Crippen LogP contribution in [0, 0.1) is 0 Å². The van der Waals surface area contributed by atoms with Gasteiger partial charge in [-0.3, -0.25) is 10.00 Å². The minimum atomic E-state index is -0.146. The van der Waals surface area contributed by atoms with Gasteiger partial charge in [-0.2, -0.15) is 5.10 Å². The predicted molar refractivity (Wildman–Crippen MR) is 77.2 cm³/mol. The molecule has 0 aromatic carbocycles. The first kappa shape index (κ1) is 13.9. The molecule has 1 N–H and O–H groups in total. The van der Waals surface area contributed by atoms with Crippen LogP contribution >= 0.6 is 15.9 Å². The molecule has 1 unspecified atom stereocenters. The molecule has 2 aliphatic rings. The number of nitrogens with zero attached hydrogens (tertiary/aromatic N) is 3. The zero-order valence-electron chi connectivity index (χ0n) is 11.5. The average molecular weight is 343 g/mol. The van der Waals surface area contributed by atoms with Gasteiger partial charge in [0.05, 0.1) is 22.9 Å². The number of nitrogens with one attached hydrogen (secondary N) is 1. The molecule has 20 heavy (non-hydrogen) atoms. The molecule has 6 nitrogen and oxygen atoms in total. The molecular formula is C13H19BrN4O2. The Balaban J connectivity index is 1.52. The smallest absolute Gasteiger partial charge is 0.410 e. The SMILES string of the molecule is CC1CN(C2CCN(Cc3[nH]ncc3Br)CC2)C(=O)O1. The second kappa shape index (κ2) is 5.73. The monoisotopic (exact) mass is 342 g/mol. The van der Waals surface area contributed by atoms with Gasteiger partial charge in [-0.15, -0.1) is 0 Å². The van der Waals surface area contributed by atoms with Gasteiger partial charge in [0.15, 0.2) is 0 Å². The van der Waals surface area contributed by atoms with E-state index in [1.54, 1.807) is 6.20 Å². The highest BCUT2D eigenvalue weighted by Crippen LogP contribution is 2.24. The summed E-state index contributed by atoms with van der Waals surface area (Å²) in [5, 5.41) is 7.02. The van der Waals surface area contributed by atoms with Crippen LogP contribution in [0.4, 0.5) is 4.79 Å². The molecule has 7 heteroatoms. The third-order valence-electron chi connectivity index (χ3n) is 4.04. The Hall–Kier alpha value is -1.08. The maximum absolute atomic E-state index is 11.7. The number of cyclic esters (lactones) is 1. The lowest BCUT2D eigenvalue weighted by molar-refractivity contribution is 0.111. The number of hydrogen-bond acceptors (Lipinski definition) is 4. The molecule has 1 atom stereocenters. The van der Waals surface area contributed by atoms with Crippen LogP contribution in [0.3, 0.4) is 0 Å². The van der Waals surface area contributed by atoms with Crippen molar-refractivity contribution in [3.8, 4) is 0 Å². The zero-order valence-corrected chi connectivity index (χ0v) is 13.1. The third-order valence-corrected chi connectivity index (χ3v) is 4.72. The number of aromatic nitrogens is 2. The van der Waals surface area contributed by atoms with E-state index in [0.717, 1.165) is 49.2 Å². The van der Waals surface area contributed by atoms with Crippen LogP contribution in [0.5, 0.6) is 0 Å². The number of rotatable bonds is 3. The lowest BCUT2D eigenvalue weighted by atomic mass is 10.0. The molecule has 3 rings (SSSR count). The number of H-pyrrole nitrogens is 1. The normalized spacial score (nSPS) is 25.2. The van der Waals surface area contributed by atoms with E-state index in [4.69, 9.17) is 4.74 Å². The van der Waals surface area contributed by atoms with E-state index in [2.05, 4.69) is 31.0 Å². The fraction of sp³-hybridized carbons (Fsp3) is 0.692. The molecular weight excluding hydrogens is 324 g/mol. The molecule has 110 valence electrons. The summed E-state index contributed by atoms with van der Waals surface area (Å²) in [5.41, 5.74) is 1.11. The van der Waals surface area contributed by atoms with Gasteiger partial charge in [0.2, 0.25) is 0 Å².